The molecule has 0 spiro atoms. The Labute approximate surface area is 153 Å². The predicted octanol–water partition coefficient (Wildman–Crippen LogP) is 1.95. The zero-order chi connectivity index (χ0) is 17.9. The summed E-state index contributed by atoms with van der Waals surface area (Å²) >= 11 is 0. The first-order valence-electron chi connectivity index (χ1n) is 10.2. The van der Waals surface area contributed by atoms with E-state index in [4.69, 9.17) is 14.5 Å². The molecule has 1 atom stereocenters. The van der Waals surface area contributed by atoms with E-state index in [0.29, 0.717) is 12.1 Å². The number of hydrogen-bond acceptors (Lipinski definition) is 4. The third-order valence-corrected chi connectivity index (χ3v) is 5.28. The van der Waals surface area contributed by atoms with Gasteiger partial charge < -0.3 is 19.7 Å². The van der Waals surface area contributed by atoms with Crippen LogP contribution in [0.4, 0.5) is 0 Å². The van der Waals surface area contributed by atoms with Crippen molar-refractivity contribution < 1.29 is 9.47 Å². The SMILES string of the molecule is CCNC(=NCC1CCCN1CC)N1CCC(OCCCOC)CC1. The molecular formula is C19H38N4O2. The normalized spacial score (nSPS) is 23.4. The molecular weight excluding hydrogens is 316 g/mol. The maximum absolute atomic E-state index is 5.97. The van der Waals surface area contributed by atoms with E-state index in [1.165, 1.54) is 19.4 Å². The van der Waals surface area contributed by atoms with Crippen LogP contribution in [0.25, 0.3) is 0 Å². The summed E-state index contributed by atoms with van der Waals surface area (Å²) in [6, 6.07) is 0.625. The minimum atomic E-state index is 0.390. The van der Waals surface area contributed by atoms with Crippen molar-refractivity contribution in [3.63, 3.8) is 0 Å². The lowest BCUT2D eigenvalue weighted by atomic mass is 10.1. The molecule has 0 aromatic rings. The van der Waals surface area contributed by atoms with Crippen molar-refractivity contribution in [1.29, 1.82) is 0 Å². The van der Waals surface area contributed by atoms with Crippen LogP contribution in [0.2, 0.25) is 0 Å². The number of likely N-dealkylation sites (N-methyl/N-ethyl adjacent to an activating group) is 1. The molecule has 0 aromatic heterocycles. The lowest BCUT2D eigenvalue weighted by molar-refractivity contribution is 0.00989. The van der Waals surface area contributed by atoms with Gasteiger partial charge in [0.1, 0.15) is 0 Å². The van der Waals surface area contributed by atoms with Crippen molar-refractivity contribution in [1.82, 2.24) is 15.1 Å². The standard InChI is InChI=1S/C19H38N4O2/c1-4-20-19(21-16-17-8-6-11-22(17)5-2)23-12-9-18(10-13-23)25-15-7-14-24-3/h17-18H,4-16H2,1-3H3,(H,20,21). The molecule has 0 bridgehead atoms. The van der Waals surface area contributed by atoms with E-state index in [-0.39, 0.29) is 0 Å². The van der Waals surface area contributed by atoms with Crippen LogP contribution < -0.4 is 5.32 Å². The third-order valence-electron chi connectivity index (χ3n) is 5.28. The van der Waals surface area contributed by atoms with Crippen LogP contribution in [0.5, 0.6) is 0 Å². The molecule has 146 valence electrons. The molecule has 2 heterocycles. The van der Waals surface area contributed by atoms with E-state index >= 15 is 0 Å². The molecule has 25 heavy (non-hydrogen) atoms. The van der Waals surface area contributed by atoms with Crippen LogP contribution in [0.3, 0.4) is 0 Å². The largest absolute Gasteiger partial charge is 0.385 e. The molecule has 0 saturated carbocycles. The fourth-order valence-electron chi connectivity index (χ4n) is 3.82. The van der Waals surface area contributed by atoms with Gasteiger partial charge in [0.15, 0.2) is 5.96 Å². The van der Waals surface area contributed by atoms with Crippen LogP contribution in [0.1, 0.15) is 46.0 Å². The Bertz CT molecular complexity index is 384. The number of methoxy groups -OCH3 is 1. The minimum Gasteiger partial charge on any atom is -0.385 e. The maximum Gasteiger partial charge on any atom is 0.193 e. The number of aliphatic imine (C=N–C) groups is 1. The van der Waals surface area contributed by atoms with Crippen molar-refractivity contribution in [3.8, 4) is 0 Å². The Morgan fingerprint density at radius 1 is 1.12 bits per heavy atom. The van der Waals surface area contributed by atoms with Gasteiger partial charge in [-0.1, -0.05) is 6.92 Å². The number of nitrogens with one attached hydrogen (secondary N) is 1. The van der Waals surface area contributed by atoms with Gasteiger partial charge in [0.2, 0.25) is 0 Å². The molecule has 6 heteroatoms. The summed E-state index contributed by atoms with van der Waals surface area (Å²) in [5, 5.41) is 3.48. The zero-order valence-electron chi connectivity index (χ0n) is 16.5. The van der Waals surface area contributed by atoms with Gasteiger partial charge in [-0.25, -0.2) is 0 Å². The quantitative estimate of drug-likeness (QED) is 0.390. The van der Waals surface area contributed by atoms with Crippen molar-refractivity contribution in [2.24, 2.45) is 4.99 Å². The first-order chi connectivity index (χ1) is 12.3. The average molecular weight is 355 g/mol. The minimum absolute atomic E-state index is 0.390. The Kier molecular flexibility index (Phi) is 9.58. The van der Waals surface area contributed by atoms with Gasteiger partial charge in [-0.15, -0.1) is 0 Å². The number of nitrogens with zero attached hydrogens (tertiary/aromatic N) is 3. The van der Waals surface area contributed by atoms with Crippen LogP contribution in [-0.2, 0) is 9.47 Å². The monoisotopic (exact) mass is 354 g/mol. The fraction of sp³-hybridized carbons (Fsp3) is 0.947. The lowest BCUT2D eigenvalue weighted by Gasteiger charge is -2.34. The second kappa shape index (κ2) is 11.7. The van der Waals surface area contributed by atoms with E-state index in [9.17, 15) is 0 Å². The summed E-state index contributed by atoms with van der Waals surface area (Å²) in [7, 11) is 1.74. The van der Waals surface area contributed by atoms with Crippen LogP contribution in [-0.4, -0.2) is 87.5 Å². The molecule has 1 N–H and O–H groups in total. The Hall–Kier alpha value is -0.850. The summed E-state index contributed by atoms with van der Waals surface area (Å²) in [6.45, 7) is 12.3. The van der Waals surface area contributed by atoms with Gasteiger partial charge in [0, 0.05) is 46.0 Å². The summed E-state index contributed by atoms with van der Waals surface area (Å²) < 4.78 is 11.0. The van der Waals surface area contributed by atoms with Gasteiger partial charge in [0.25, 0.3) is 0 Å². The molecule has 0 aliphatic carbocycles. The number of likely N-dealkylation sites (tertiary alicyclic amines) is 2. The van der Waals surface area contributed by atoms with E-state index in [2.05, 4.69) is 29.0 Å². The fourth-order valence-corrected chi connectivity index (χ4v) is 3.82. The van der Waals surface area contributed by atoms with E-state index in [0.717, 1.165) is 71.2 Å². The number of ether oxygens (including phenoxy) is 2. The second-order valence-electron chi connectivity index (χ2n) is 7.02. The molecule has 2 saturated heterocycles. The van der Waals surface area contributed by atoms with Gasteiger partial charge >= 0.3 is 0 Å². The highest BCUT2D eigenvalue weighted by Crippen LogP contribution is 2.18. The van der Waals surface area contributed by atoms with Crippen LogP contribution in [0, 0.1) is 0 Å². The Balaban J connectivity index is 1.77. The van der Waals surface area contributed by atoms with E-state index in [1.807, 2.05) is 0 Å². The molecule has 2 aliphatic heterocycles. The van der Waals surface area contributed by atoms with Gasteiger partial charge in [-0.3, -0.25) is 9.89 Å². The molecule has 2 fully saturated rings. The van der Waals surface area contributed by atoms with Gasteiger partial charge in [-0.05, 0) is 52.1 Å². The molecule has 0 radical (unpaired) electrons. The second-order valence-corrected chi connectivity index (χ2v) is 7.02. The lowest BCUT2D eigenvalue weighted by Crippen LogP contribution is -2.47. The maximum atomic E-state index is 5.97. The molecule has 2 aliphatic rings. The number of piperidine rings is 1. The molecule has 0 aromatic carbocycles. The number of rotatable bonds is 9. The van der Waals surface area contributed by atoms with Crippen molar-refractivity contribution >= 4 is 5.96 Å². The molecule has 0 amide bonds. The third kappa shape index (κ3) is 6.76. The first-order valence-corrected chi connectivity index (χ1v) is 10.2. The summed E-state index contributed by atoms with van der Waals surface area (Å²) in [5.41, 5.74) is 0. The Morgan fingerprint density at radius 3 is 2.60 bits per heavy atom. The van der Waals surface area contributed by atoms with Gasteiger partial charge in [0.05, 0.1) is 12.6 Å². The summed E-state index contributed by atoms with van der Waals surface area (Å²) in [6.07, 6.45) is 6.14. The smallest absolute Gasteiger partial charge is 0.193 e. The number of guanidine groups is 1. The van der Waals surface area contributed by atoms with E-state index in [1.54, 1.807) is 7.11 Å². The first kappa shape index (κ1) is 20.5. The molecule has 2 rings (SSSR count). The van der Waals surface area contributed by atoms with Crippen molar-refractivity contribution in [3.05, 3.63) is 0 Å². The zero-order valence-corrected chi connectivity index (χ0v) is 16.5. The van der Waals surface area contributed by atoms with E-state index < -0.39 is 0 Å². The summed E-state index contributed by atoms with van der Waals surface area (Å²) in [4.78, 5) is 9.93. The number of hydrogen-bond donors (Lipinski definition) is 1. The average Bonchev–Trinajstić information content (AvgIpc) is 3.10. The van der Waals surface area contributed by atoms with Crippen molar-refractivity contribution in [2.45, 2.75) is 58.1 Å². The van der Waals surface area contributed by atoms with Crippen LogP contribution >= 0.6 is 0 Å². The predicted molar refractivity (Wildman–Crippen MR) is 103 cm³/mol. The van der Waals surface area contributed by atoms with Crippen LogP contribution in [0.15, 0.2) is 4.99 Å². The highest BCUT2D eigenvalue weighted by atomic mass is 16.5. The van der Waals surface area contributed by atoms with Crippen molar-refractivity contribution in [2.75, 3.05) is 59.6 Å². The highest BCUT2D eigenvalue weighted by molar-refractivity contribution is 5.80. The molecule has 6 nitrogen and oxygen atoms in total. The highest BCUT2D eigenvalue weighted by Gasteiger charge is 2.25. The van der Waals surface area contributed by atoms with Gasteiger partial charge in [-0.2, -0.15) is 0 Å². The topological polar surface area (TPSA) is 49.3 Å². The summed E-state index contributed by atoms with van der Waals surface area (Å²) in [5.74, 6) is 1.09. The Morgan fingerprint density at radius 2 is 1.92 bits per heavy atom. The molecule has 1 unspecified atom stereocenters.